The van der Waals surface area contributed by atoms with Gasteiger partial charge in [0, 0.05) is 5.69 Å². The van der Waals surface area contributed by atoms with Gasteiger partial charge in [0.2, 0.25) is 0 Å². The molecule has 0 atom stereocenters. The lowest BCUT2D eigenvalue weighted by atomic mass is 10.1. The van der Waals surface area contributed by atoms with Gasteiger partial charge in [0.1, 0.15) is 18.2 Å². The molecule has 0 bridgehead atoms. The van der Waals surface area contributed by atoms with Crippen LogP contribution >= 0.6 is 15.9 Å². The van der Waals surface area contributed by atoms with Gasteiger partial charge >= 0.3 is 5.97 Å². The molecule has 0 fully saturated rings. The van der Waals surface area contributed by atoms with E-state index in [1.54, 1.807) is 19.1 Å². The van der Waals surface area contributed by atoms with E-state index < -0.39 is 24.2 Å². The molecule has 6 heteroatoms. The number of benzene rings is 2. The van der Waals surface area contributed by atoms with Gasteiger partial charge in [0.05, 0.1) is 15.6 Å². The first-order valence-electron chi connectivity index (χ1n) is 6.06. The second kappa shape index (κ2) is 6.22. The van der Waals surface area contributed by atoms with Crippen LogP contribution in [0.5, 0.6) is 0 Å². The Bertz CT molecular complexity index is 704. The quantitative estimate of drug-likeness (QED) is 0.514. The summed E-state index contributed by atoms with van der Waals surface area (Å²) in [6.07, 6.45) is 0. The SMILES string of the molecule is Cc1cccc(C(=O)OCc2c(F)ccc(Br)c2F)c1N. The molecule has 0 saturated heterocycles. The van der Waals surface area contributed by atoms with Crippen LogP contribution in [0.4, 0.5) is 14.5 Å². The van der Waals surface area contributed by atoms with Gasteiger partial charge in [-0.2, -0.15) is 0 Å². The predicted molar refractivity (Wildman–Crippen MR) is 78.8 cm³/mol. The zero-order valence-electron chi connectivity index (χ0n) is 11.1. The minimum atomic E-state index is -0.792. The molecule has 2 aromatic rings. The summed E-state index contributed by atoms with van der Waals surface area (Å²) < 4.78 is 32.4. The first kappa shape index (κ1) is 15.4. The molecule has 2 aromatic carbocycles. The van der Waals surface area contributed by atoms with Gasteiger partial charge in [-0.3, -0.25) is 0 Å². The van der Waals surface area contributed by atoms with E-state index in [1.165, 1.54) is 12.1 Å². The second-order valence-electron chi connectivity index (χ2n) is 4.43. The normalized spacial score (nSPS) is 10.5. The van der Waals surface area contributed by atoms with Crippen LogP contribution in [-0.4, -0.2) is 5.97 Å². The Balaban J connectivity index is 2.19. The number of ether oxygens (including phenoxy) is 1. The highest BCUT2D eigenvalue weighted by molar-refractivity contribution is 9.10. The van der Waals surface area contributed by atoms with Crippen LogP contribution < -0.4 is 5.73 Å². The van der Waals surface area contributed by atoms with E-state index in [0.29, 0.717) is 0 Å². The van der Waals surface area contributed by atoms with Crippen molar-refractivity contribution < 1.29 is 18.3 Å². The van der Waals surface area contributed by atoms with E-state index in [2.05, 4.69) is 15.9 Å². The van der Waals surface area contributed by atoms with E-state index in [-0.39, 0.29) is 21.3 Å². The Morgan fingerprint density at radius 1 is 1.29 bits per heavy atom. The molecule has 0 aliphatic heterocycles. The molecule has 0 aromatic heterocycles. The van der Waals surface area contributed by atoms with Gasteiger partial charge < -0.3 is 10.5 Å². The molecule has 3 nitrogen and oxygen atoms in total. The largest absolute Gasteiger partial charge is 0.457 e. The van der Waals surface area contributed by atoms with Crippen molar-refractivity contribution in [1.82, 2.24) is 0 Å². The molecule has 0 aliphatic carbocycles. The summed E-state index contributed by atoms with van der Waals surface area (Å²) in [5.74, 6) is -2.30. The Morgan fingerprint density at radius 3 is 2.71 bits per heavy atom. The van der Waals surface area contributed by atoms with Crippen molar-refractivity contribution >= 4 is 27.6 Å². The fourth-order valence-electron chi connectivity index (χ4n) is 1.78. The van der Waals surface area contributed by atoms with Crippen molar-refractivity contribution in [3.8, 4) is 0 Å². The number of halogens is 3. The molecular weight excluding hydrogens is 344 g/mol. The van der Waals surface area contributed by atoms with Gasteiger partial charge in [0.25, 0.3) is 0 Å². The number of nitrogens with two attached hydrogens (primary N) is 1. The Labute approximate surface area is 128 Å². The smallest absolute Gasteiger partial charge is 0.340 e. The number of para-hydroxylation sites is 1. The summed E-state index contributed by atoms with van der Waals surface area (Å²) >= 11 is 2.95. The molecule has 0 amide bonds. The van der Waals surface area contributed by atoms with Crippen LogP contribution in [0, 0.1) is 18.6 Å². The van der Waals surface area contributed by atoms with Crippen LogP contribution in [0.2, 0.25) is 0 Å². The maximum absolute atomic E-state index is 13.8. The lowest BCUT2D eigenvalue weighted by molar-refractivity contribution is 0.0466. The molecule has 0 heterocycles. The average Bonchev–Trinajstić information content (AvgIpc) is 2.46. The average molecular weight is 356 g/mol. The summed E-state index contributed by atoms with van der Waals surface area (Å²) in [5, 5.41) is 0. The van der Waals surface area contributed by atoms with Gasteiger partial charge in [-0.1, -0.05) is 12.1 Å². The number of hydrogen-bond donors (Lipinski definition) is 1. The minimum Gasteiger partial charge on any atom is -0.457 e. The predicted octanol–water partition coefficient (Wildman–Crippen LogP) is 3.97. The topological polar surface area (TPSA) is 52.3 Å². The Kier molecular flexibility index (Phi) is 4.57. The van der Waals surface area contributed by atoms with E-state index in [9.17, 15) is 13.6 Å². The molecule has 0 unspecified atom stereocenters. The van der Waals surface area contributed by atoms with Crippen LogP contribution in [0.15, 0.2) is 34.8 Å². The molecule has 21 heavy (non-hydrogen) atoms. The Morgan fingerprint density at radius 2 is 2.00 bits per heavy atom. The third-order valence-corrected chi connectivity index (χ3v) is 3.64. The van der Waals surface area contributed by atoms with Gasteiger partial charge in [0.15, 0.2) is 0 Å². The number of esters is 1. The highest BCUT2D eigenvalue weighted by atomic mass is 79.9. The van der Waals surface area contributed by atoms with Crippen molar-refractivity contribution in [2.75, 3.05) is 5.73 Å². The standard InChI is InChI=1S/C15H12BrF2NO2/c1-8-3-2-4-9(14(8)19)15(20)21-7-10-12(17)6-5-11(16)13(10)18/h2-6H,7,19H2,1H3. The number of rotatable bonds is 3. The van der Waals surface area contributed by atoms with Crippen molar-refractivity contribution in [3.05, 3.63) is 63.1 Å². The molecule has 2 rings (SSSR count). The van der Waals surface area contributed by atoms with Crippen LogP contribution in [0.3, 0.4) is 0 Å². The summed E-state index contributed by atoms with van der Waals surface area (Å²) in [6, 6.07) is 7.24. The summed E-state index contributed by atoms with van der Waals surface area (Å²) in [4.78, 5) is 11.9. The number of aryl methyl sites for hydroxylation is 1. The van der Waals surface area contributed by atoms with E-state index in [4.69, 9.17) is 10.5 Å². The lowest BCUT2D eigenvalue weighted by Gasteiger charge is -2.10. The van der Waals surface area contributed by atoms with Crippen molar-refractivity contribution in [2.24, 2.45) is 0 Å². The van der Waals surface area contributed by atoms with E-state index in [1.807, 2.05) is 0 Å². The molecule has 110 valence electrons. The fourth-order valence-corrected chi connectivity index (χ4v) is 2.15. The van der Waals surface area contributed by atoms with Gasteiger partial charge in [-0.05, 0) is 46.6 Å². The molecule has 0 spiro atoms. The van der Waals surface area contributed by atoms with Crippen LogP contribution in [0.1, 0.15) is 21.5 Å². The lowest BCUT2D eigenvalue weighted by Crippen LogP contribution is -2.10. The van der Waals surface area contributed by atoms with E-state index in [0.717, 1.165) is 11.6 Å². The van der Waals surface area contributed by atoms with Crippen molar-refractivity contribution in [2.45, 2.75) is 13.5 Å². The highest BCUT2D eigenvalue weighted by Gasteiger charge is 2.17. The molecule has 0 aliphatic rings. The number of hydrogen-bond acceptors (Lipinski definition) is 3. The monoisotopic (exact) mass is 355 g/mol. The van der Waals surface area contributed by atoms with Crippen molar-refractivity contribution in [3.63, 3.8) is 0 Å². The van der Waals surface area contributed by atoms with Gasteiger partial charge in [-0.15, -0.1) is 0 Å². The minimum absolute atomic E-state index is 0.102. The maximum atomic E-state index is 13.8. The molecule has 0 saturated carbocycles. The van der Waals surface area contributed by atoms with Crippen LogP contribution in [0.25, 0.3) is 0 Å². The summed E-state index contributed by atoms with van der Waals surface area (Å²) in [5.41, 5.74) is 6.65. The van der Waals surface area contributed by atoms with Gasteiger partial charge in [-0.25, -0.2) is 13.6 Å². The summed E-state index contributed by atoms with van der Waals surface area (Å²) in [7, 11) is 0. The first-order chi connectivity index (χ1) is 9.91. The fraction of sp³-hybridized carbons (Fsp3) is 0.133. The second-order valence-corrected chi connectivity index (χ2v) is 5.29. The van der Waals surface area contributed by atoms with Crippen LogP contribution in [-0.2, 0) is 11.3 Å². The number of anilines is 1. The Hall–Kier alpha value is -1.95. The summed E-state index contributed by atoms with van der Waals surface area (Å²) in [6.45, 7) is 1.24. The molecular formula is C15H12BrF2NO2. The zero-order chi connectivity index (χ0) is 15.6. The number of nitrogen functional groups attached to an aromatic ring is 1. The molecule has 0 radical (unpaired) electrons. The number of carbonyl (C=O) groups is 1. The third-order valence-electron chi connectivity index (χ3n) is 3.03. The number of carbonyl (C=O) groups excluding carboxylic acids is 1. The van der Waals surface area contributed by atoms with E-state index >= 15 is 0 Å². The maximum Gasteiger partial charge on any atom is 0.340 e. The highest BCUT2D eigenvalue weighted by Crippen LogP contribution is 2.23. The first-order valence-corrected chi connectivity index (χ1v) is 6.85. The molecule has 2 N–H and O–H groups in total. The van der Waals surface area contributed by atoms with Crippen molar-refractivity contribution in [1.29, 1.82) is 0 Å². The third kappa shape index (κ3) is 3.21. The zero-order valence-corrected chi connectivity index (χ0v) is 12.7.